The van der Waals surface area contributed by atoms with Crippen molar-refractivity contribution in [3.05, 3.63) is 57.2 Å². The van der Waals surface area contributed by atoms with Gasteiger partial charge in [0.25, 0.3) is 5.56 Å². The molecule has 104 valence electrons. The Labute approximate surface area is 122 Å². The van der Waals surface area contributed by atoms with Gasteiger partial charge in [0.1, 0.15) is 17.1 Å². The first kappa shape index (κ1) is 13.3. The van der Waals surface area contributed by atoms with Gasteiger partial charge < -0.3 is 9.72 Å². The largest absolute Gasteiger partial charge is 0.483 e. The first-order chi connectivity index (χ1) is 10.2. The number of fused-ring (bicyclic) bond motifs is 1. The van der Waals surface area contributed by atoms with Crippen LogP contribution in [0.5, 0.6) is 5.75 Å². The maximum Gasteiger partial charge on any atom is 0.268 e. The molecule has 0 fully saturated rings. The normalized spacial score (nSPS) is 10.5. The molecule has 0 unspecified atom stereocenters. The molecule has 0 atom stereocenters. The minimum Gasteiger partial charge on any atom is -0.483 e. The van der Waals surface area contributed by atoms with E-state index < -0.39 is 5.82 Å². The topological polar surface area (TPSA) is 78.8 Å². The molecule has 5 nitrogen and oxygen atoms in total. The fraction of sp³-hybridized carbons (Fsp3) is 0.0714. The van der Waals surface area contributed by atoms with E-state index >= 15 is 0 Å². The summed E-state index contributed by atoms with van der Waals surface area (Å²) in [5, 5.41) is 10.4. The molecule has 1 aromatic carbocycles. The van der Waals surface area contributed by atoms with Crippen LogP contribution in [0.2, 0.25) is 0 Å². The minimum atomic E-state index is -0.631. The first-order valence-electron chi connectivity index (χ1n) is 5.96. The number of H-pyrrole nitrogens is 1. The van der Waals surface area contributed by atoms with Gasteiger partial charge in [-0.1, -0.05) is 0 Å². The standard InChI is InChI=1S/C14H8FN3O2S/c15-9-5-8(6-16)1-2-11(9)20-7-12-17-10-3-4-21-13(10)14(19)18-12/h1-5H,7H2,(H,17,18,19). The Morgan fingerprint density at radius 1 is 1.43 bits per heavy atom. The summed E-state index contributed by atoms with van der Waals surface area (Å²) in [6.07, 6.45) is 0. The molecule has 0 amide bonds. The summed E-state index contributed by atoms with van der Waals surface area (Å²) in [6, 6.07) is 7.49. The summed E-state index contributed by atoms with van der Waals surface area (Å²) in [6.45, 7) is -0.0656. The van der Waals surface area contributed by atoms with E-state index in [1.165, 1.54) is 23.5 Å². The van der Waals surface area contributed by atoms with Gasteiger partial charge in [0.2, 0.25) is 0 Å². The highest BCUT2D eigenvalue weighted by atomic mass is 32.1. The first-order valence-corrected chi connectivity index (χ1v) is 6.84. The third-order valence-electron chi connectivity index (χ3n) is 2.79. The zero-order valence-electron chi connectivity index (χ0n) is 10.6. The molecular weight excluding hydrogens is 293 g/mol. The summed E-state index contributed by atoms with van der Waals surface area (Å²) in [4.78, 5) is 18.6. The van der Waals surface area contributed by atoms with Gasteiger partial charge in [-0.2, -0.15) is 5.26 Å². The lowest BCUT2D eigenvalue weighted by Gasteiger charge is -2.06. The lowest BCUT2D eigenvalue weighted by molar-refractivity contribution is 0.281. The molecule has 21 heavy (non-hydrogen) atoms. The Kier molecular flexibility index (Phi) is 3.38. The molecule has 0 spiro atoms. The van der Waals surface area contributed by atoms with Crippen molar-refractivity contribution in [1.29, 1.82) is 5.26 Å². The lowest BCUT2D eigenvalue weighted by atomic mass is 10.2. The average Bonchev–Trinajstić information content (AvgIpc) is 2.95. The van der Waals surface area contributed by atoms with E-state index in [-0.39, 0.29) is 23.5 Å². The van der Waals surface area contributed by atoms with E-state index in [0.29, 0.717) is 16.0 Å². The maximum atomic E-state index is 13.7. The summed E-state index contributed by atoms with van der Waals surface area (Å²) in [7, 11) is 0. The molecule has 0 aliphatic rings. The zero-order valence-corrected chi connectivity index (χ0v) is 11.4. The van der Waals surface area contributed by atoms with Gasteiger partial charge in [-0.15, -0.1) is 11.3 Å². The van der Waals surface area contributed by atoms with Crippen molar-refractivity contribution in [2.24, 2.45) is 0 Å². The van der Waals surface area contributed by atoms with Gasteiger partial charge in [0.15, 0.2) is 11.6 Å². The van der Waals surface area contributed by atoms with E-state index in [4.69, 9.17) is 10.00 Å². The molecule has 0 radical (unpaired) electrons. The average molecular weight is 301 g/mol. The molecule has 3 rings (SSSR count). The molecule has 7 heteroatoms. The molecule has 0 bridgehead atoms. The number of benzene rings is 1. The number of aromatic amines is 1. The maximum absolute atomic E-state index is 13.7. The van der Waals surface area contributed by atoms with Crippen molar-refractivity contribution >= 4 is 21.6 Å². The Morgan fingerprint density at radius 2 is 2.29 bits per heavy atom. The van der Waals surface area contributed by atoms with E-state index in [0.717, 1.165) is 6.07 Å². The van der Waals surface area contributed by atoms with Gasteiger partial charge in [-0.05, 0) is 29.6 Å². The Hall–Kier alpha value is -2.72. The third-order valence-corrected chi connectivity index (χ3v) is 3.69. The van der Waals surface area contributed by atoms with Crippen LogP contribution in [0.4, 0.5) is 4.39 Å². The second-order valence-electron chi connectivity index (χ2n) is 4.19. The number of nitriles is 1. The number of ether oxygens (including phenoxy) is 1. The molecule has 1 N–H and O–H groups in total. The van der Waals surface area contributed by atoms with Crippen LogP contribution in [-0.2, 0) is 6.61 Å². The number of rotatable bonds is 3. The number of thiophene rings is 1. The highest BCUT2D eigenvalue weighted by molar-refractivity contribution is 7.17. The fourth-order valence-electron chi connectivity index (χ4n) is 1.82. The Balaban J connectivity index is 1.83. The molecule has 3 aromatic rings. The van der Waals surface area contributed by atoms with Crippen LogP contribution in [0, 0.1) is 17.1 Å². The predicted molar refractivity (Wildman–Crippen MR) is 75.7 cm³/mol. The number of aromatic nitrogens is 2. The zero-order chi connectivity index (χ0) is 14.8. The van der Waals surface area contributed by atoms with Crippen LogP contribution in [0.25, 0.3) is 10.2 Å². The van der Waals surface area contributed by atoms with Gasteiger partial charge in [-0.25, -0.2) is 9.37 Å². The molecule has 0 saturated heterocycles. The van der Waals surface area contributed by atoms with Gasteiger partial charge in [-0.3, -0.25) is 4.79 Å². The van der Waals surface area contributed by atoms with Crippen LogP contribution >= 0.6 is 11.3 Å². The highest BCUT2D eigenvalue weighted by Gasteiger charge is 2.08. The third kappa shape index (κ3) is 2.61. The van der Waals surface area contributed by atoms with E-state index in [9.17, 15) is 9.18 Å². The minimum absolute atomic E-state index is 0.00191. The molecule has 0 aliphatic carbocycles. The number of halogens is 1. The van der Waals surface area contributed by atoms with Crippen molar-refractivity contribution in [1.82, 2.24) is 9.97 Å². The van der Waals surface area contributed by atoms with Gasteiger partial charge in [0, 0.05) is 0 Å². The van der Waals surface area contributed by atoms with Crippen LogP contribution in [0.3, 0.4) is 0 Å². The molecule has 2 aromatic heterocycles. The van der Waals surface area contributed by atoms with Crippen molar-refractivity contribution in [2.75, 3.05) is 0 Å². The van der Waals surface area contributed by atoms with Gasteiger partial charge in [0.05, 0.1) is 17.1 Å². The Bertz CT molecular complexity index is 910. The lowest BCUT2D eigenvalue weighted by Crippen LogP contribution is -2.12. The molecule has 0 aliphatic heterocycles. The quantitative estimate of drug-likeness (QED) is 0.806. The van der Waals surface area contributed by atoms with E-state index in [1.807, 2.05) is 6.07 Å². The number of hydrogen-bond acceptors (Lipinski definition) is 5. The number of nitrogens with zero attached hydrogens (tertiary/aromatic N) is 2. The Morgan fingerprint density at radius 3 is 3.05 bits per heavy atom. The number of hydrogen-bond donors (Lipinski definition) is 1. The SMILES string of the molecule is N#Cc1ccc(OCc2nc3ccsc3c(=O)[nH]2)c(F)c1. The van der Waals surface area contributed by atoms with Gasteiger partial charge >= 0.3 is 0 Å². The fourth-order valence-corrected chi connectivity index (χ4v) is 2.55. The monoisotopic (exact) mass is 301 g/mol. The van der Waals surface area contributed by atoms with Crippen LogP contribution in [-0.4, -0.2) is 9.97 Å². The molecule has 0 saturated carbocycles. The summed E-state index contributed by atoms with van der Waals surface area (Å²) < 4.78 is 19.5. The van der Waals surface area contributed by atoms with Crippen molar-refractivity contribution in [3.8, 4) is 11.8 Å². The summed E-state index contributed by atoms with van der Waals surface area (Å²) in [5.74, 6) is -0.315. The van der Waals surface area contributed by atoms with Crippen LogP contribution in [0.1, 0.15) is 11.4 Å². The summed E-state index contributed by atoms with van der Waals surface area (Å²) >= 11 is 1.31. The smallest absolute Gasteiger partial charge is 0.268 e. The predicted octanol–water partition coefficient (Wildman–Crippen LogP) is 2.57. The second-order valence-corrected chi connectivity index (χ2v) is 5.11. The highest BCUT2D eigenvalue weighted by Crippen LogP contribution is 2.19. The van der Waals surface area contributed by atoms with Crippen molar-refractivity contribution in [3.63, 3.8) is 0 Å². The molecule has 2 heterocycles. The van der Waals surface area contributed by atoms with Crippen molar-refractivity contribution in [2.45, 2.75) is 6.61 Å². The number of nitrogens with one attached hydrogen (secondary N) is 1. The van der Waals surface area contributed by atoms with Crippen LogP contribution < -0.4 is 10.3 Å². The second kappa shape index (κ2) is 5.34. The van der Waals surface area contributed by atoms with E-state index in [1.54, 1.807) is 11.4 Å². The van der Waals surface area contributed by atoms with E-state index in [2.05, 4.69) is 9.97 Å². The molecular formula is C14H8FN3O2S. The van der Waals surface area contributed by atoms with Crippen LogP contribution in [0.15, 0.2) is 34.4 Å². The van der Waals surface area contributed by atoms with Crippen molar-refractivity contribution < 1.29 is 9.13 Å². The summed E-state index contributed by atoms with van der Waals surface area (Å²) in [5.41, 5.74) is 0.558.